The Balaban J connectivity index is 2.27. The van der Waals surface area contributed by atoms with Gasteiger partial charge in [-0.15, -0.1) is 0 Å². The second-order valence-corrected chi connectivity index (χ2v) is 3.97. The molecule has 2 aromatic rings. The van der Waals surface area contributed by atoms with Crippen molar-refractivity contribution < 1.29 is 22.7 Å². The van der Waals surface area contributed by atoms with Gasteiger partial charge >= 0.3 is 12.1 Å². The zero-order valence-corrected chi connectivity index (χ0v) is 10.4. The van der Waals surface area contributed by atoms with E-state index in [-0.39, 0.29) is 6.54 Å². The molecule has 0 spiro atoms. The zero-order valence-electron chi connectivity index (χ0n) is 10.4. The summed E-state index contributed by atoms with van der Waals surface area (Å²) in [6.45, 7) is 0.0489. The highest BCUT2D eigenvalue weighted by molar-refractivity contribution is 5.74. The van der Waals surface area contributed by atoms with Gasteiger partial charge in [0.1, 0.15) is 0 Å². The third-order valence-electron chi connectivity index (χ3n) is 2.64. The summed E-state index contributed by atoms with van der Waals surface area (Å²) < 4.78 is 44.6. The average molecular weight is 288 g/mol. The highest BCUT2D eigenvalue weighted by atomic mass is 19.4. The molecule has 0 amide bonds. The Morgan fingerprint density at radius 3 is 2.75 bits per heavy atom. The van der Waals surface area contributed by atoms with Crippen LogP contribution in [0.1, 0.15) is 11.7 Å². The van der Waals surface area contributed by atoms with Gasteiger partial charge in [-0.3, -0.25) is 4.68 Å². The molecule has 20 heavy (non-hydrogen) atoms. The molecule has 0 aliphatic heterocycles. The average Bonchev–Trinajstić information content (AvgIpc) is 3.05. The first-order valence-electron chi connectivity index (χ1n) is 5.57. The molecule has 108 valence electrons. The first-order chi connectivity index (χ1) is 9.41. The number of esters is 1. The van der Waals surface area contributed by atoms with Crippen LogP contribution in [0.25, 0.3) is 0 Å². The Bertz CT molecular complexity index is 577. The van der Waals surface area contributed by atoms with Gasteiger partial charge in [0, 0.05) is 18.6 Å². The summed E-state index contributed by atoms with van der Waals surface area (Å²) in [4.78, 5) is 15.0. The number of carbonyl (C=O) groups is 1. The van der Waals surface area contributed by atoms with Crippen LogP contribution in [0.15, 0.2) is 31.0 Å². The molecule has 0 aliphatic carbocycles. The maximum atomic E-state index is 12.5. The van der Waals surface area contributed by atoms with Crippen molar-refractivity contribution >= 4 is 5.97 Å². The highest BCUT2D eigenvalue weighted by Gasteiger charge is 2.35. The van der Waals surface area contributed by atoms with Gasteiger partial charge in [0.15, 0.2) is 11.7 Å². The van der Waals surface area contributed by atoms with Crippen molar-refractivity contribution in [3.8, 4) is 0 Å². The molecule has 6 nitrogen and oxygen atoms in total. The van der Waals surface area contributed by atoms with Crippen LogP contribution in [-0.2, 0) is 22.3 Å². The van der Waals surface area contributed by atoms with Crippen molar-refractivity contribution in [3.05, 3.63) is 36.7 Å². The van der Waals surface area contributed by atoms with Gasteiger partial charge in [0.2, 0.25) is 0 Å². The van der Waals surface area contributed by atoms with Gasteiger partial charge in [0.05, 0.1) is 20.0 Å². The number of halogens is 3. The summed E-state index contributed by atoms with van der Waals surface area (Å²) in [5.74, 6) is -0.674. The van der Waals surface area contributed by atoms with Gasteiger partial charge in [0.25, 0.3) is 0 Å². The Morgan fingerprint density at radius 2 is 2.25 bits per heavy atom. The molecule has 0 fully saturated rings. The molecule has 0 bridgehead atoms. The van der Waals surface area contributed by atoms with Crippen LogP contribution < -0.4 is 0 Å². The largest absolute Gasteiger partial charge is 0.467 e. The van der Waals surface area contributed by atoms with Crippen molar-refractivity contribution in [2.24, 2.45) is 0 Å². The molecule has 1 atom stereocenters. The molecule has 1 unspecified atom stereocenters. The Hall–Kier alpha value is -2.32. The van der Waals surface area contributed by atoms with E-state index in [1.165, 1.54) is 18.0 Å². The molecule has 0 N–H and O–H groups in total. The van der Waals surface area contributed by atoms with Crippen LogP contribution in [-0.4, -0.2) is 32.4 Å². The Morgan fingerprint density at radius 1 is 1.50 bits per heavy atom. The number of methoxy groups -OCH3 is 1. The lowest BCUT2D eigenvalue weighted by Crippen LogP contribution is -2.25. The topological polar surface area (TPSA) is 61.9 Å². The first-order valence-corrected chi connectivity index (χ1v) is 5.57. The van der Waals surface area contributed by atoms with Crippen molar-refractivity contribution in [1.29, 1.82) is 0 Å². The van der Waals surface area contributed by atoms with E-state index < -0.39 is 23.9 Å². The smallest absolute Gasteiger partial charge is 0.434 e. The lowest BCUT2D eigenvalue weighted by molar-refractivity contribution is -0.146. The van der Waals surface area contributed by atoms with E-state index in [1.54, 1.807) is 12.3 Å². The van der Waals surface area contributed by atoms with Crippen molar-refractivity contribution in [2.75, 3.05) is 7.11 Å². The highest BCUT2D eigenvalue weighted by Crippen LogP contribution is 2.28. The monoisotopic (exact) mass is 288 g/mol. The quantitative estimate of drug-likeness (QED) is 0.800. The molecule has 2 aromatic heterocycles. The van der Waals surface area contributed by atoms with E-state index in [0.717, 1.165) is 17.1 Å². The summed E-state index contributed by atoms with van der Waals surface area (Å²) in [5, 5.41) is 3.91. The van der Waals surface area contributed by atoms with Crippen molar-refractivity contribution in [3.63, 3.8) is 0 Å². The molecule has 0 aliphatic rings. The molecule has 0 saturated carbocycles. The fourth-order valence-electron chi connectivity index (χ4n) is 1.67. The number of rotatable bonds is 4. The van der Waals surface area contributed by atoms with Crippen LogP contribution in [0.2, 0.25) is 0 Å². The number of imidazole rings is 1. The number of nitrogens with zero attached hydrogens (tertiary/aromatic N) is 4. The predicted octanol–water partition coefficient (Wildman–Crippen LogP) is 1.51. The van der Waals surface area contributed by atoms with Gasteiger partial charge in [-0.05, 0) is 6.07 Å². The molecular weight excluding hydrogens is 277 g/mol. The zero-order chi connectivity index (χ0) is 14.8. The summed E-state index contributed by atoms with van der Waals surface area (Å²) in [7, 11) is 1.17. The second kappa shape index (κ2) is 5.35. The maximum absolute atomic E-state index is 12.5. The van der Waals surface area contributed by atoms with Crippen LogP contribution in [0, 0.1) is 0 Å². The molecule has 0 aromatic carbocycles. The predicted molar refractivity (Wildman–Crippen MR) is 60.5 cm³/mol. The van der Waals surface area contributed by atoms with Crippen LogP contribution in [0.5, 0.6) is 0 Å². The number of ether oxygens (including phenoxy) is 1. The maximum Gasteiger partial charge on any atom is 0.434 e. The molecule has 2 rings (SSSR count). The van der Waals surface area contributed by atoms with Gasteiger partial charge in [-0.25, -0.2) is 9.78 Å². The molecule has 2 heterocycles. The summed E-state index contributed by atoms with van der Waals surface area (Å²) in [6, 6.07) is 0.673. The minimum atomic E-state index is -4.56. The second-order valence-electron chi connectivity index (χ2n) is 3.97. The fraction of sp³-hybridized carbons (Fsp3) is 0.364. The third-order valence-corrected chi connectivity index (χ3v) is 2.64. The van der Waals surface area contributed by atoms with Gasteiger partial charge < -0.3 is 9.30 Å². The van der Waals surface area contributed by atoms with Crippen molar-refractivity contribution in [1.82, 2.24) is 19.3 Å². The van der Waals surface area contributed by atoms with E-state index in [1.807, 2.05) is 0 Å². The van der Waals surface area contributed by atoms with E-state index in [4.69, 9.17) is 0 Å². The van der Waals surface area contributed by atoms with Crippen LogP contribution >= 0.6 is 0 Å². The summed E-state index contributed by atoms with van der Waals surface area (Å²) in [5.41, 5.74) is -1.06. The lowest BCUT2D eigenvalue weighted by Gasteiger charge is -2.15. The SMILES string of the molecule is COC(=O)C(Cn1cccn1)n1cnc(C(F)(F)F)c1. The minimum absolute atomic E-state index is 0.0489. The standard InChI is InChI=1S/C11H11F3N4O2/c1-20-10(19)8(5-18-4-2-3-16-18)17-6-9(15-7-17)11(12,13)14/h2-4,6-8H,5H2,1H3. The molecular formula is C11H11F3N4O2. The normalized spacial score (nSPS) is 13.2. The third kappa shape index (κ3) is 2.98. The molecule has 9 heteroatoms. The van der Waals surface area contributed by atoms with E-state index in [9.17, 15) is 18.0 Å². The van der Waals surface area contributed by atoms with Crippen molar-refractivity contribution in [2.45, 2.75) is 18.8 Å². The summed E-state index contributed by atoms with van der Waals surface area (Å²) in [6.07, 6.45) is 0.261. The number of alkyl halides is 3. The van der Waals surface area contributed by atoms with Crippen LogP contribution in [0.4, 0.5) is 13.2 Å². The van der Waals surface area contributed by atoms with Gasteiger partial charge in [-0.2, -0.15) is 18.3 Å². The lowest BCUT2D eigenvalue weighted by atomic mass is 10.3. The van der Waals surface area contributed by atoms with E-state index in [0.29, 0.717) is 0 Å². The van der Waals surface area contributed by atoms with Gasteiger partial charge in [-0.1, -0.05) is 0 Å². The van der Waals surface area contributed by atoms with Crippen LogP contribution in [0.3, 0.4) is 0 Å². The first kappa shape index (κ1) is 14.1. The number of carbonyl (C=O) groups excluding carboxylic acids is 1. The van der Waals surface area contributed by atoms with E-state index in [2.05, 4.69) is 14.8 Å². The van der Waals surface area contributed by atoms with E-state index >= 15 is 0 Å². The number of aromatic nitrogens is 4. The number of hydrogen-bond donors (Lipinski definition) is 0. The Kier molecular flexibility index (Phi) is 3.77. The summed E-state index contributed by atoms with van der Waals surface area (Å²) >= 11 is 0. The molecule has 0 radical (unpaired) electrons. The molecule has 0 saturated heterocycles. The fourth-order valence-corrected chi connectivity index (χ4v) is 1.67. The minimum Gasteiger partial charge on any atom is -0.467 e. The number of hydrogen-bond acceptors (Lipinski definition) is 4. The Labute approximate surface area is 111 Å².